The number of hydrogen-bond donors (Lipinski definition) is 4. The van der Waals surface area contributed by atoms with Gasteiger partial charge in [0.2, 0.25) is 5.75 Å². The molecule has 5 nitrogen and oxygen atoms in total. The zero-order chi connectivity index (χ0) is 10.2. The first kappa shape index (κ1) is 9.18. The fourth-order valence-corrected chi connectivity index (χ4v) is 0.962. The van der Waals surface area contributed by atoms with Crippen LogP contribution in [0.3, 0.4) is 0 Å². The fraction of sp³-hybridized carbons (Fsp3) is 0.125. The van der Waals surface area contributed by atoms with E-state index in [1.807, 2.05) is 0 Å². The molecule has 1 aromatic carbocycles. The molecule has 13 heavy (non-hydrogen) atoms. The highest BCUT2D eigenvalue weighted by molar-refractivity contribution is 5.91. The molecule has 0 radical (unpaired) electrons. The first-order chi connectivity index (χ1) is 5.95. The van der Waals surface area contributed by atoms with Gasteiger partial charge >= 0.3 is 5.97 Å². The molecule has 0 aliphatic heterocycles. The molecule has 0 aliphatic carbocycles. The lowest BCUT2D eigenvalue weighted by molar-refractivity contribution is 0.0695. The van der Waals surface area contributed by atoms with Crippen molar-refractivity contribution in [3.05, 3.63) is 17.2 Å². The number of phenols is 3. The number of carbonyl (C=O) groups is 1. The van der Waals surface area contributed by atoms with Gasteiger partial charge in [-0.15, -0.1) is 0 Å². The fourth-order valence-electron chi connectivity index (χ4n) is 0.962. The summed E-state index contributed by atoms with van der Waals surface area (Å²) in [5.41, 5.74) is -0.226. The van der Waals surface area contributed by atoms with E-state index in [1.165, 1.54) is 6.92 Å². The van der Waals surface area contributed by atoms with Crippen LogP contribution in [0.25, 0.3) is 0 Å². The van der Waals surface area contributed by atoms with E-state index >= 15 is 0 Å². The maximum Gasteiger partial charge on any atom is 0.336 e. The minimum atomic E-state index is -1.27. The van der Waals surface area contributed by atoms with Crippen molar-refractivity contribution in [1.29, 1.82) is 0 Å². The van der Waals surface area contributed by atoms with Crippen LogP contribution in [0.15, 0.2) is 6.07 Å². The average Bonchev–Trinajstić information content (AvgIpc) is 2.07. The first-order valence-corrected chi connectivity index (χ1v) is 3.43. The molecule has 0 bridgehead atoms. The van der Waals surface area contributed by atoms with Crippen LogP contribution in [0.4, 0.5) is 0 Å². The number of carboxylic acid groups (broad SMARTS) is 1. The normalized spacial score (nSPS) is 9.92. The lowest BCUT2D eigenvalue weighted by Crippen LogP contribution is -1.99. The van der Waals surface area contributed by atoms with Crippen LogP contribution in [0.1, 0.15) is 15.9 Å². The standard InChI is InChI=1S/C8H8O5/c1-3-4(8(12)13)2-5(9)7(11)6(3)10/h2,9-11H,1H3,(H,12,13). The lowest BCUT2D eigenvalue weighted by Gasteiger charge is -2.06. The minimum Gasteiger partial charge on any atom is -0.504 e. The Bertz CT molecular complexity index is 369. The second-order valence-corrected chi connectivity index (χ2v) is 2.57. The summed E-state index contributed by atoms with van der Waals surface area (Å²) in [4.78, 5) is 10.5. The molecule has 0 heterocycles. The molecule has 0 unspecified atom stereocenters. The van der Waals surface area contributed by atoms with E-state index in [0.717, 1.165) is 6.07 Å². The Labute approximate surface area is 73.5 Å². The molecule has 0 saturated heterocycles. The van der Waals surface area contributed by atoms with Crippen LogP contribution < -0.4 is 0 Å². The number of aromatic carboxylic acids is 1. The zero-order valence-electron chi connectivity index (χ0n) is 6.77. The van der Waals surface area contributed by atoms with Gasteiger partial charge in [-0.2, -0.15) is 0 Å². The van der Waals surface area contributed by atoms with E-state index in [4.69, 9.17) is 20.4 Å². The highest BCUT2D eigenvalue weighted by atomic mass is 16.4. The highest BCUT2D eigenvalue weighted by Crippen LogP contribution is 2.38. The zero-order valence-corrected chi connectivity index (χ0v) is 6.77. The summed E-state index contributed by atoms with van der Waals surface area (Å²) < 4.78 is 0. The third kappa shape index (κ3) is 1.35. The molecule has 0 atom stereocenters. The van der Waals surface area contributed by atoms with Crippen LogP contribution >= 0.6 is 0 Å². The summed E-state index contributed by atoms with van der Waals surface area (Å²) in [6.07, 6.45) is 0. The number of aromatic hydroxyl groups is 3. The van der Waals surface area contributed by atoms with Crippen molar-refractivity contribution in [3.63, 3.8) is 0 Å². The Morgan fingerprint density at radius 3 is 2.23 bits per heavy atom. The van der Waals surface area contributed by atoms with Gasteiger partial charge in [0, 0.05) is 5.56 Å². The SMILES string of the molecule is Cc1c(C(=O)O)cc(O)c(O)c1O. The van der Waals surface area contributed by atoms with E-state index in [2.05, 4.69) is 0 Å². The molecule has 0 fully saturated rings. The summed E-state index contributed by atoms with van der Waals surface area (Å²) in [6, 6.07) is 0.882. The Morgan fingerprint density at radius 1 is 1.23 bits per heavy atom. The van der Waals surface area contributed by atoms with E-state index < -0.39 is 23.2 Å². The Kier molecular flexibility index (Phi) is 2.02. The number of benzene rings is 1. The van der Waals surface area contributed by atoms with Crippen molar-refractivity contribution >= 4 is 5.97 Å². The van der Waals surface area contributed by atoms with Gasteiger partial charge in [0.1, 0.15) is 0 Å². The van der Waals surface area contributed by atoms with Crippen molar-refractivity contribution in [2.45, 2.75) is 6.92 Å². The van der Waals surface area contributed by atoms with Crippen molar-refractivity contribution in [2.75, 3.05) is 0 Å². The van der Waals surface area contributed by atoms with Gasteiger partial charge in [-0.05, 0) is 13.0 Å². The quantitative estimate of drug-likeness (QED) is 0.484. The third-order valence-corrected chi connectivity index (χ3v) is 1.74. The second kappa shape index (κ2) is 2.85. The van der Waals surface area contributed by atoms with Gasteiger partial charge < -0.3 is 20.4 Å². The maximum atomic E-state index is 10.5. The van der Waals surface area contributed by atoms with Gasteiger partial charge in [0.15, 0.2) is 11.5 Å². The van der Waals surface area contributed by atoms with Crippen LogP contribution in [-0.2, 0) is 0 Å². The van der Waals surface area contributed by atoms with Gasteiger partial charge in [-0.1, -0.05) is 0 Å². The minimum absolute atomic E-state index is 0.0165. The van der Waals surface area contributed by atoms with Crippen LogP contribution in [0, 0.1) is 6.92 Å². The monoisotopic (exact) mass is 184 g/mol. The summed E-state index contributed by atoms with van der Waals surface area (Å²) in [7, 11) is 0. The van der Waals surface area contributed by atoms with Crippen LogP contribution in [-0.4, -0.2) is 26.4 Å². The third-order valence-electron chi connectivity index (χ3n) is 1.74. The average molecular weight is 184 g/mol. The predicted octanol–water partition coefficient (Wildman–Crippen LogP) is 0.810. The molecule has 0 saturated carbocycles. The Morgan fingerprint density at radius 2 is 1.77 bits per heavy atom. The summed E-state index contributed by atoms with van der Waals surface area (Å²) in [6.45, 7) is 1.33. The molecule has 0 aromatic heterocycles. The van der Waals surface area contributed by atoms with E-state index in [0.29, 0.717) is 0 Å². The molecular formula is C8H8O5. The summed E-state index contributed by atoms with van der Waals surface area (Å²) in [5, 5.41) is 35.7. The first-order valence-electron chi connectivity index (χ1n) is 3.43. The van der Waals surface area contributed by atoms with Gasteiger partial charge in [-0.3, -0.25) is 0 Å². The van der Waals surface area contributed by atoms with Gasteiger partial charge in [0.25, 0.3) is 0 Å². The van der Waals surface area contributed by atoms with Crippen molar-refractivity contribution in [1.82, 2.24) is 0 Å². The summed E-state index contributed by atoms with van der Waals surface area (Å²) in [5.74, 6) is -3.25. The van der Waals surface area contributed by atoms with Gasteiger partial charge in [0.05, 0.1) is 5.56 Å². The lowest BCUT2D eigenvalue weighted by atomic mass is 10.1. The molecule has 0 amide bonds. The number of hydrogen-bond acceptors (Lipinski definition) is 4. The Hall–Kier alpha value is -1.91. The predicted molar refractivity (Wildman–Crippen MR) is 43.1 cm³/mol. The molecule has 0 spiro atoms. The van der Waals surface area contributed by atoms with Crippen LogP contribution in [0.5, 0.6) is 17.2 Å². The van der Waals surface area contributed by atoms with Gasteiger partial charge in [-0.25, -0.2) is 4.79 Å². The largest absolute Gasteiger partial charge is 0.504 e. The number of carboxylic acids is 1. The maximum absolute atomic E-state index is 10.5. The molecule has 70 valence electrons. The molecule has 5 heteroatoms. The topological polar surface area (TPSA) is 98.0 Å². The van der Waals surface area contributed by atoms with Crippen molar-refractivity contribution < 1.29 is 25.2 Å². The van der Waals surface area contributed by atoms with E-state index in [9.17, 15) is 4.79 Å². The number of phenolic OH excluding ortho intramolecular Hbond substituents is 3. The molecule has 1 rings (SSSR count). The number of rotatable bonds is 1. The van der Waals surface area contributed by atoms with E-state index in [1.54, 1.807) is 0 Å². The second-order valence-electron chi connectivity index (χ2n) is 2.57. The Balaban J connectivity index is 3.50. The molecular weight excluding hydrogens is 176 g/mol. The molecule has 4 N–H and O–H groups in total. The van der Waals surface area contributed by atoms with Crippen molar-refractivity contribution in [2.24, 2.45) is 0 Å². The molecule has 1 aromatic rings. The van der Waals surface area contributed by atoms with E-state index in [-0.39, 0.29) is 11.1 Å². The van der Waals surface area contributed by atoms with Crippen LogP contribution in [0.2, 0.25) is 0 Å². The highest BCUT2D eigenvalue weighted by Gasteiger charge is 2.17. The van der Waals surface area contributed by atoms with Crippen molar-refractivity contribution in [3.8, 4) is 17.2 Å². The summed E-state index contributed by atoms with van der Waals surface area (Å²) >= 11 is 0. The smallest absolute Gasteiger partial charge is 0.336 e. The molecule has 0 aliphatic rings.